The fourth-order valence-corrected chi connectivity index (χ4v) is 5.29. The van der Waals surface area contributed by atoms with Crippen molar-refractivity contribution in [1.29, 1.82) is 0 Å². The highest BCUT2D eigenvalue weighted by Crippen LogP contribution is 2.39. The molecule has 3 amide bonds. The van der Waals surface area contributed by atoms with Gasteiger partial charge < -0.3 is 14.6 Å². The third-order valence-electron chi connectivity index (χ3n) is 5.60. The number of rotatable bonds is 6. The minimum atomic E-state index is -1.39. The highest BCUT2D eigenvalue weighted by atomic mass is 35.5. The highest BCUT2D eigenvalue weighted by Gasteiger charge is 2.21. The third-order valence-corrected chi connectivity index (χ3v) is 8.02. The summed E-state index contributed by atoms with van der Waals surface area (Å²) in [6.45, 7) is 3.40. The lowest BCUT2D eigenvalue weighted by molar-refractivity contribution is 0.0963. The summed E-state index contributed by atoms with van der Waals surface area (Å²) in [6, 6.07) is 18.0. The molecular formula is C28H20Cl3FN2O4S. The van der Waals surface area contributed by atoms with Crippen LogP contribution in [-0.4, -0.2) is 16.5 Å². The number of amides is 3. The Morgan fingerprint density at radius 2 is 1.54 bits per heavy atom. The third kappa shape index (κ3) is 6.66. The quantitative estimate of drug-likeness (QED) is 0.216. The Hall–Kier alpha value is -3.27. The van der Waals surface area contributed by atoms with Crippen LogP contribution in [0.3, 0.4) is 0 Å². The Morgan fingerprint density at radius 3 is 2.15 bits per heavy atom. The van der Waals surface area contributed by atoms with E-state index in [0.717, 1.165) is 6.07 Å². The van der Waals surface area contributed by atoms with Gasteiger partial charge in [-0.05, 0) is 91.7 Å². The molecule has 0 saturated heterocycles. The number of carbonyl (C=O) groups is 2. The molecule has 0 saturated carbocycles. The number of benzene rings is 4. The summed E-state index contributed by atoms with van der Waals surface area (Å²) < 4.78 is 32.8. The molecule has 0 heterocycles. The molecule has 6 nitrogen and oxygen atoms in total. The maximum atomic E-state index is 14.0. The molecule has 0 aliphatic carbocycles. The molecule has 0 bridgehead atoms. The minimum Gasteiger partial charge on any atom is -0.606 e. The van der Waals surface area contributed by atoms with E-state index in [1.807, 2.05) is 0 Å². The van der Waals surface area contributed by atoms with Gasteiger partial charge in [-0.2, -0.15) is 0 Å². The Labute approximate surface area is 242 Å². The normalized spacial score (nSPS) is 11.6. The Bertz CT molecular complexity index is 1530. The van der Waals surface area contributed by atoms with Crippen LogP contribution in [-0.2, 0) is 11.2 Å². The maximum Gasteiger partial charge on any atom is 0.326 e. The lowest BCUT2D eigenvalue weighted by Gasteiger charge is -2.17. The molecule has 0 radical (unpaired) electrons. The maximum absolute atomic E-state index is 14.0. The zero-order chi connectivity index (χ0) is 28.3. The summed E-state index contributed by atoms with van der Waals surface area (Å²) in [4.78, 5) is 26.0. The summed E-state index contributed by atoms with van der Waals surface area (Å²) in [5.74, 6) is -1.02. The van der Waals surface area contributed by atoms with Gasteiger partial charge in [0.15, 0.2) is 9.79 Å². The number of nitrogens with one attached hydrogen (secondary N) is 2. The average molecular weight is 606 g/mol. The zero-order valence-corrected chi connectivity index (χ0v) is 23.6. The van der Waals surface area contributed by atoms with E-state index in [0.29, 0.717) is 43.1 Å². The summed E-state index contributed by atoms with van der Waals surface area (Å²) in [5.41, 5.74) is 0.956. The predicted molar refractivity (Wildman–Crippen MR) is 151 cm³/mol. The van der Waals surface area contributed by atoms with Gasteiger partial charge in [0.2, 0.25) is 0 Å². The van der Waals surface area contributed by atoms with Crippen molar-refractivity contribution in [2.24, 2.45) is 0 Å². The number of ether oxygens (including phenoxy) is 1. The monoisotopic (exact) mass is 604 g/mol. The average Bonchev–Trinajstić information content (AvgIpc) is 2.90. The molecule has 1 unspecified atom stereocenters. The summed E-state index contributed by atoms with van der Waals surface area (Å²) >= 11 is 17.0. The van der Waals surface area contributed by atoms with Crippen molar-refractivity contribution in [1.82, 2.24) is 5.32 Å². The second-order valence-electron chi connectivity index (χ2n) is 8.31. The molecule has 1 atom stereocenters. The van der Waals surface area contributed by atoms with Crippen molar-refractivity contribution in [2.45, 2.75) is 23.6 Å². The molecule has 0 aliphatic rings. The van der Waals surface area contributed by atoms with Crippen LogP contribution in [0.25, 0.3) is 0 Å². The summed E-state index contributed by atoms with van der Waals surface area (Å²) in [7, 11) is 0. The van der Waals surface area contributed by atoms with Gasteiger partial charge in [0.1, 0.15) is 17.3 Å². The molecule has 200 valence electrons. The molecule has 39 heavy (non-hydrogen) atoms. The van der Waals surface area contributed by atoms with Crippen LogP contribution < -0.4 is 15.4 Å². The number of halogens is 4. The first kappa shape index (κ1) is 28.7. The van der Waals surface area contributed by atoms with Crippen molar-refractivity contribution in [3.63, 3.8) is 0 Å². The van der Waals surface area contributed by atoms with Gasteiger partial charge in [-0.15, -0.1) is 0 Å². The second-order valence-corrected chi connectivity index (χ2v) is 11.0. The fraction of sp³-hybridized carbons (Fsp3) is 0.0714. The topological polar surface area (TPSA) is 90.5 Å². The number of anilines is 1. The van der Waals surface area contributed by atoms with Crippen LogP contribution >= 0.6 is 34.8 Å². The van der Waals surface area contributed by atoms with Crippen molar-refractivity contribution in [2.75, 3.05) is 5.32 Å². The molecule has 4 aromatic rings. The van der Waals surface area contributed by atoms with Crippen LogP contribution in [0, 0.1) is 19.7 Å². The smallest absolute Gasteiger partial charge is 0.326 e. The van der Waals surface area contributed by atoms with Gasteiger partial charge in [-0.1, -0.05) is 40.9 Å². The molecule has 0 aliphatic heterocycles. The van der Waals surface area contributed by atoms with Crippen LogP contribution in [0.1, 0.15) is 21.5 Å². The summed E-state index contributed by atoms with van der Waals surface area (Å²) in [5, 5.41) is 5.27. The molecule has 2 N–H and O–H groups in total. The SMILES string of the molecule is Cc1cc(NC(=O)NC(=O)c2c(F)cccc2Cl)c(C)c(Cl)c1Oc1ccc([S+]([O-])c2ccc(Cl)cc2)cc1. The first-order valence-electron chi connectivity index (χ1n) is 11.4. The van der Waals surface area contributed by atoms with Crippen molar-refractivity contribution < 1.29 is 23.3 Å². The minimum absolute atomic E-state index is 0.124. The van der Waals surface area contributed by atoms with E-state index in [9.17, 15) is 18.5 Å². The molecular weight excluding hydrogens is 586 g/mol. The first-order chi connectivity index (χ1) is 18.5. The number of urea groups is 1. The van der Waals surface area contributed by atoms with Crippen LogP contribution in [0.5, 0.6) is 11.5 Å². The molecule has 11 heteroatoms. The first-order valence-corrected chi connectivity index (χ1v) is 13.6. The van der Waals surface area contributed by atoms with Crippen molar-refractivity contribution in [3.8, 4) is 11.5 Å². The van der Waals surface area contributed by atoms with E-state index in [4.69, 9.17) is 39.5 Å². The van der Waals surface area contributed by atoms with Crippen molar-refractivity contribution >= 4 is 63.6 Å². The second kappa shape index (κ2) is 12.3. The van der Waals surface area contributed by atoms with E-state index in [1.165, 1.54) is 12.1 Å². The van der Waals surface area contributed by atoms with E-state index < -0.39 is 34.5 Å². The van der Waals surface area contributed by atoms with E-state index in [2.05, 4.69) is 10.6 Å². The van der Waals surface area contributed by atoms with Gasteiger partial charge in [0, 0.05) is 21.9 Å². The number of hydrogen-bond acceptors (Lipinski definition) is 4. The lowest BCUT2D eigenvalue weighted by Crippen LogP contribution is -2.35. The van der Waals surface area contributed by atoms with E-state index in [1.54, 1.807) is 68.4 Å². The van der Waals surface area contributed by atoms with Gasteiger partial charge in [-0.3, -0.25) is 10.1 Å². The Morgan fingerprint density at radius 1 is 0.923 bits per heavy atom. The van der Waals surface area contributed by atoms with Crippen LogP contribution in [0.4, 0.5) is 14.9 Å². The lowest BCUT2D eigenvalue weighted by atomic mass is 10.1. The number of hydrogen-bond donors (Lipinski definition) is 2. The Balaban J connectivity index is 1.47. The standard InChI is InChI=1S/C28H20Cl3FN2O4S/c1-15-14-23(33-28(36)34-27(35)24-21(30)4-3-5-22(24)32)16(2)25(31)26(15)38-18-8-12-20(13-9-18)39(37)19-10-6-17(29)7-11-19/h3-14H,1-2H3,(H2,33,34,35,36). The number of aryl methyl sites for hydroxylation is 1. The van der Waals surface area contributed by atoms with Crippen LogP contribution in [0.15, 0.2) is 82.6 Å². The molecule has 4 rings (SSSR count). The Kier molecular flexibility index (Phi) is 9.04. The van der Waals surface area contributed by atoms with E-state index >= 15 is 0 Å². The van der Waals surface area contributed by atoms with Crippen LogP contribution in [0.2, 0.25) is 15.1 Å². The van der Waals surface area contributed by atoms with Gasteiger partial charge in [0.05, 0.1) is 15.6 Å². The molecule has 0 fully saturated rings. The van der Waals surface area contributed by atoms with E-state index in [-0.39, 0.29) is 10.0 Å². The molecule has 4 aromatic carbocycles. The summed E-state index contributed by atoms with van der Waals surface area (Å²) in [6.07, 6.45) is 0. The van der Waals surface area contributed by atoms with Gasteiger partial charge >= 0.3 is 6.03 Å². The van der Waals surface area contributed by atoms with Gasteiger partial charge in [0.25, 0.3) is 5.91 Å². The fourth-order valence-electron chi connectivity index (χ4n) is 3.58. The highest BCUT2D eigenvalue weighted by molar-refractivity contribution is 7.91. The molecule has 0 spiro atoms. The predicted octanol–water partition coefficient (Wildman–Crippen LogP) is 8.32. The van der Waals surface area contributed by atoms with Gasteiger partial charge in [-0.25, -0.2) is 9.18 Å². The molecule has 0 aromatic heterocycles. The zero-order valence-electron chi connectivity index (χ0n) is 20.5. The number of imide groups is 1. The number of carbonyl (C=O) groups excluding carboxylic acids is 2. The van der Waals surface area contributed by atoms with Crippen molar-refractivity contribution in [3.05, 3.63) is 110 Å². The largest absolute Gasteiger partial charge is 0.606 e.